The summed E-state index contributed by atoms with van der Waals surface area (Å²) in [4.78, 5) is 30.4. The number of rotatable bonds is 46. The molecule has 17 heteroatoms. The van der Waals surface area contributed by atoms with E-state index in [9.17, 15) is 0 Å². The topological polar surface area (TPSA) is 173 Å². The number of carbonyl (C=O) groups excluding carboxylic acids is 2. The minimum Gasteiger partial charge on any atom is -0.493 e. The summed E-state index contributed by atoms with van der Waals surface area (Å²) in [5.74, 6) is 0.277. The lowest BCUT2D eigenvalue weighted by atomic mass is 9.96. The van der Waals surface area contributed by atoms with E-state index in [1.165, 1.54) is 0 Å². The molecule has 6 unspecified atom stereocenters. The van der Waals surface area contributed by atoms with Crippen molar-refractivity contribution >= 4 is 11.9 Å². The number of unbranched alkanes of at least 4 members (excludes halogenated alkanes) is 8. The summed E-state index contributed by atoms with van der Waals surface area (Å²) in [6, 6.07) is 88.6. The van der Waals surface area contributed by atoms with E-state index in [0.29, 0.717) is 24.7 Å². The summed E-state index contributed by atoms with van der Waals surface area (Å²) in [7, 11) is 0. The Labute approximate surface area is 665 Å². The van der Waals surface area contributed by atoms with Gasteiger partial charge in [-0.2, -0.15) is 0 Å². The molecule has 2 aliphatic heterocycles. The molecule has 113 heavy (non-hydrogen) atoms. The first-order chi connectivity index (χ1) is 55.8. The van der Waals surface area contributed by atoms with Crippen molar-refractivity contribution in [1.82, 2.24) is 0 Å². The van der Waals surface area contributed by atoms with Crippen molar-refractivity contribution < 1.29 is 80.6 Å². The van der Waals surface area contributed by atoms with Gasteiger partial charge in [0.15, 0.2) is 12.6 Å². The van der Waals surface area contributed by atoms with E-state index < -0.39 is 73.4 Å². The van der Waals surface area contributed by atoms with Crippen molar-refractivity contribution in [3.63, 3.8) is 0 Å². The van der Waals surface area contributed by atoms with Crippen LogP contribution in [-0.2, 0) is 105 Å². The van der Waals surface area contributed by atoms with Crippen LogP contribution in [-0.4, -0.2) is 99.8 Å². The predicted molar refractivity (Wildman–Crippen MR) is 432 cm³/mol. The zero-order chi connectivity index (χ0) is 77.7. The van der Waals surface area contributed by atoms with E-state index in [-0.39, 0.29) is 88.7 Å². The first-order valence-corrected chi connectivity index (χ1v) is 39.9. The van der Waals surface area contributed by atoms with Crippen LogP contribution in [0.3, 0.4) is 0 Å². The highest BCUT2D eigenvalue weighted by atomic mass is 16.8. The Kier molecular flexibility index (Phi) is 33.3. The van der Waals surface area contributed by atoms with Crippen LogP contribution < -0.4 is 18.9 Å². The first kappa shape index (κ1) is 82.4. The zero-order valence-electron chi connectivity index (χ0n) is 64.8. The average molecular weight is 1530 g/mol. The van der Waals surface area contributed by atoms with Crippen LogP contribution >= 0.6 is 0 Å². The van der Waals surface area contributed by atoms with Gasteiger partial charge in [-0.3, -0.25) is 0 Å². The monoisotopic (exact) mass is 1530 g/mol. The highest BCUT2D eigenvalue weighted by molar-refractivity contribution is 5.93. The van der Waals surface area contributed by atoms with Crippen LogP contribution in [0.4, 0.5) is 0 Å². The molecular formula is C96H106O17. The van der Waals surface area contributed by atoms with Gasteiger partial charge >= 0.3 is 11.9 Å². The molecule has 0 N–H and O–H groups in total. The van der Waals surface area contributed by atoms with Crippen LogP contribution in [0.15, 0.2) is 279 Å². The van der Waals surface area contributed by atoms with Gasteiger partial charge < -0.3 is 71.1 Å². The maximum absolute atomic E-state index is 15.2. The zero-order valence-corrected chi connectivity index (χ0v) is 64.8. The maximum atomic E-state index is 15.2. The highest BCUT2D eigenvalue weighted by Crippen LogP contribution is 2.39. The smallest absolute Gasteiger partial charge is 0.342 e. The normalized spacial score (nSPS) is 19.4. The fourth-order valence-corrected chi connectivity index (χ4v) is 13.6. The van der Waals surface area contributed by atoms with E-state index in [1.807, 2.05) is 243 Å². The van der Waals surface area contributed by atoms with Crippen LogP contribution in [0.5, 0.6) is 23.0 Å². The summed E-state index contributed by atoms with van der Waals surface area (Å²) in [6.45, 7) is 5.47. The molecule has 10 aromatic carbocycles. The molecule has 0 saturated carbocycles. The lowest BCUT2D eigenvalue weighted by molar-refractivity contribution is -0.393. The molecule has 0 aliphatic carbocycles. The van der Waals surface area contributed by atoms with Crippen molar-refractivity contribution in [3.05, 3.63) is 335 Å². The van der Waals surface area contributed by atoms with Gasteiger partial charge in [-0.05, 0) is 81.6 Å². The Hall–Kier alpha value is -10.0. The number of carbonyl (C=O) groups is 2. The van der Waals surface area contributed by atoms with Gasteiger partial charge in [-0.1, -0.05) is 308 Å². The van der Waals surface area contributed by atoms with E-state index in [1.54, 1.807) is 36.4 Å². The van der Waals surface area contributed by atoms with Crippen molar-refractivity contribution in [1.29, 1.82) is 0 Å². The number of ether oxygens (including phenoxy) is 15. The van der Waals surface area contributed by atoms with Gasteiger partial charge in [0.05, 0.1) is 52.9 Å². The lowest BCUT2D eigenvalue weighted by Gasteiger charge is -2.49. The Bertz CT molecular complexity index is 4040. The van der Waals surface area contributed by atoms with Gasteiger partial charge in [-0.15, -0.1) is 0 Å². The number of hydrogen-bond donors (Lipinski definition) is 0. The highest BCUT2D eigenvalue weighted by Gasteiger charge is 2.55. The van der Waals surface area contributed by atoms with Gasteiger partial charge in [0.25, 0.3) is 0 Å². The van der Waals surface area contributed by atoms with Crippen molar-refractivity contribution in [2.24, 2.45) is 0 Å². The summed E-state index contributed by atoms with van der Waals surface area (Å²) in [5, 5.41) is 0. The molecule has 17 nitrogen and oxygen atoms in total. The molecule has 0 aromatic heterocycles. The summed E-state index contributed by atoms with van der Waals surface area (Å²) in [5.41, 5.74) is 7.30. The van der Waals surface area contributed by atoms with Crippen LogP contribution in [0.1, 0.15) is 143 Å². The summed E-state index contributed by atoms with van der Waals surface area (Å²) >= 11 is 0. The summed E-state index contributed by atoms with van der Waals surface area (Å²) < 4.78 is 104. The third-order valence-electron chi connectivity index (χ3n) is 19.8. The molecule has 2 fully saturated rings. The Balaban J connectivity index is 0.934. The fraction of sp³-hybridized carbons (Fsp3) is 0.354. The molecule has 0 radical (unpaired) electrons. The molecule has 0 spiro atoms. The number of benzene rings is 10. The molecule has 2 heterocycles. The molecule has 0 amide bonds. The van der Waals surface area contributed by atoms with Crippen LogP contribution in [0.25, 0.3) is 0 Å². The van der Waals surface area contributed by atoms with Gasteiger partial charge in [-0.25, -0.2) is 9.59 Å². The Morgan fingerprint density at radius 1 is 0.283 bits per heavy atom. The first-order valence-electron chi connectivity index (χ1n) is 39.9. The number of hydrogen-bond acceptors (Lipinski definition) is 17. The third kappa shape index (κ3) is 26.0. The third-order valence-corrected chi connectivity index (χ3v) is 19.8. The SMILES string of the molecule is CCCCCCCOc1ccc(C(=O)OCC2O[C@H](O[C@H]3OC(COC(=O)c4ccc(OCCCCCCC)cc4OCc4ccccc4)[C@@H](OCc4ccccc4)C(OCc4ccccc4)C3OCc3ccccc3)C(OCc3ccccc3)C(OCc3ccccc3)[C@@H]2OCc2ccccc2)c(OCc2ccccc2)c1. The quantitative estimate of drug-likeness (QED) is 0.0260. The van der Waals surface area contributed by atoms with E-state index in [4.69, 9.17) is 71.1 Å². The van der Waals surface area contributed by atoms with E-state index in [2.05, 4.69) is 13.8 Å². The molecule has 12 rings (SSSR count). The second-order valence-electron chi connectivity index (χ2n) is 28.4. The van der Waals surface area contributed by atoms with Gasteiger partial charge in [0.2, 0.25) is 0 Å². The van der Waals surface area contributed by atoms with Gasteiger partial charge in [0, 0.05) is 12.1 Å². The Morgan fingerprint density at radius 3 is 0.841 bits per heavy atom. The van der Waals surface area contributed by atoms with Crippen LogP contribution in [0, 0.1) is 0 Å². The molecule has 0 bridgehead atoms. The second kappa shape index (κ2) is 45.6. The van der Waals surface area contributed by atoms with Gasteiger partial charge in [0.1, 0.15) is 109 Å². The molecule has 2 saturated heterocycles. The molecular weight excluding hydrogens is 1430 g/mol. The minimum absolute atomic E-state index is 0.0642. The summed E-state index contributed by atoms with van der Waals surface area (Å²) in [6.07, 6.45) is -0.880. The second-order valence-corrected chi connectivity index (χ2v) is 28.4. The van der Waals surface area contributed by atoms with Crippen molar-refractivity contribution in [2.45, 2.75) is 192 Å². The average Bonchev–Trinajstić information content (AvgIpc) is 0.764. The van der Waals surface area contributed by atoms with Crippen molar-refractivity contribution in [2.75, 3.05) is 26.4 Å². The maximum Gasteiger partial charge on any atom is 0.342 e. The lowest BCUT2D eigenvalue weighted by Crippen LogP contribution is -2.66. The standard InChI is InChI=1S/C96H106O17/c1-3-5-7-9-35-57-99-79-53-55-81(83(59-79)101-61-71-37-19-11-20-38-71)93(97)109-69-85-87(103-63-73-41-23-13-24-42-73)89(105-65-75-45-27-15-28-46-75)91(107-67-77-49-31-17-32-50-77)95(111-85)113-96-92(108-68-78-51-33-18-34-52-78)90(106-66-76-47-29-16-30-48-76)88(104-64-74-43-25-14-26-44-74)86(112-96)70-110-94(98)82-56-54-80(100-58-36-10-8-6-4-2)60-84(82)102-62-72-39-21-12-22-40-72/h11-34,37-56,59-60,85-92,95-96H,3-10,35-36,57-58,61-70H2,1-2H3/t85?,86?,87-,88-,89?,90?,91?,92?,95-,96-/m1/s1. The number of esters is 2. The predicted octanol–water partition coefficient (Wildman–Crippen LogP) is 19.5. The minimum atomic E-state index is -1.45. The van der Waals surface area contributed by atoms with Crippen molar-refractivity contribution in [3.8, 4) is 23.0 Å². The molecule has 10 atom stereocenters. The van der Waals surface area contributed by atoms with E-state index in [0.717, 1.165) is 109 Å². The van der Waals surface area contributed by atoms with Crippen LogP contribution in [0.2, 0.25) is 0 Å². The fourth-order valence-electron chi connectivity index (χ4n) is 13.6. The molecule has 592 valence electrons. The Morgan fingerprint density at radius 2 is 0.549 bits per heavy atom. The van der Waals surface area contributed by atoms with E-state index >= 15 is 9.59 Å². The molecule has 10 aromatic rings. The molecule has 2 aliphatic rings. The largest absolute Gasteiger partial charge is 0.493 e.